The highest BCUT2D eigenvalue weighted by molar-refractivity contribution is 9.10. The van der Waals surface area contributed by atoms with E-state index in [0.29, 0.717) is 6.54 Å². The van der Waals surface area contributed by atoms with Gasteiger partial charge in [0, 0.05) is 18.7 Å². The minimum absolute atomic E-state index is 0.0894. The zero-order valence-corrected chi connectivity index (χ0v) is 17.1. The first-order valence-electron chi connectivity index (χ1n) is 8.23. The number of alkyl halides is 1. The molecule has 4 nitrogen and oxygen atoms in total. The lowest BCUT2D eigenvalue weighted by Crippen LogP contribution is -2.39. The van der Waals surface area contributed by atoms with Gasteiger partial charge in [0.2, 0.25) is 11.8 Å². The van der Waals surface area contributed by atoms with Crippen LogP contribution in [-0.4, -0.2) is 23.2 Å². The van der Waals surface area contributed by atoms with E-state index in [4.69, 9.17) is 0 Å². The summed E-state index contributed by atoms with van der Waals surface area (Å²) in [7, 11) is 0. The third kappa shape index (κ3) is 6.63. The zero-order chi connectivity index (χ0) is 18.5. The molecule has 0 bridgehead atoms. The number of halogens is 1. The SMILES string of the molecule is CC(C)(C)c1ccc(NC(=O)CCNC(=O)C(Br)C(C)(C)C)cc1. The molecule has 5 heteroatoms. The van der Waals surface area contributed by atoms with Gasteiger partial charge in [-0.25, -0.2) is 0 Å². The number of rotatable bonds is 5. The molecule has 24 heavy (non-hydrogen) atoms. The number of hydrogen-bond donors (Lipinski definition) is 2. The molecular formula is C19H29BrN2O2. The Labute approximate surface area is 153 Å². The van der Waals surface area contributed by atoms with Gasteiger partial charge < -0.3 is 10.6 Å². The molecule has 0 heterocycles. The van der Waals surface area contributed by atoms with Crippen LogP contribution in [0.5, 0.6) is 0 Å². The molecule has 0 aliphatic carbocycles. The molecule has 2 amide bonds. The van der Waals surface area contributed by atoms with Crippen LogP contribution in [0, 0.1) is 5.41 Å². The number of carbonyl (C=O) groups excluding carboxylic acids is 2. The molecule has 0 fully saturated rings. The molecule has 0 saturated carbocycles. The van der Waals surface area contributed by atoms with Crippen molar-refractivity contribution in [3.63, 3.8) is 0 Å². The highest BCUT2D eigenvalue weighted by atomic mass is 79.9. The van der Waals surface area contributed by atoms with Gasteiger partial charge in [-0.2, -0.15) is 0 Å². The standard InChI is InChI=1S/C19H29BrN2O2/c1-18(2,3)13-7-9-14(10-8-13)22-15(23)11-12-21-17(24)16(20)19(4,5)6/h7-10,16H,11-12H2,1-6H3,(H,21,24)(H,22,23). The quantitative estimate of drug-likeness (QED) is 0.731. The van der Waals surface area contributed by atoms with Crippen LogP contribution in [0.4, 0.5) is 5.69 Å². The fourth-order valence-corrected chi connectivity index (χ4v) is 2.22. The predicted molar refractivity (Wildman–Crippen MR) is 104 cm³/mol. The molecule has 0 aliphatic heterocycles. The van der Waals surface area contributed by atoms with Gasteiger partial charge in [-0.3, -0.25) is 9.59 Å². The summed E-state index contributed by atoms with van der Waals surface area (Å²) in [5.41, 5.74) is 1.92. The van der Waals surface area contributed by atoms with Crippen molar-refractivity contribution in [1.82, 2.24) is 5.32 Å². The van der Waals surface area contributed by atoms with E-state index in [2.05, 4.69) is 47.3 Å². The van der Waals surface area contributed by atoms with E-state index in [-0.39, 0.29) is 33.9 Å². The third-order valence-corrected chi connectivity index (χ3v) is 5.47. The molecule has 1 atom stereocenters. The van der Waals surface area contributed by atoms with E-state index >= 15 is 0 Å². The number of carbonyl (C=O) groups is 2. The molecule has 0 spiro atoms. The van der Waals surface area contributed by atoms with Crippen molar-refractivity contribution < 1.29 is 9.59 Å². The Morgan fingerprint density at radius 2 is 1.58 bits per heavy atom. The fourth-order valence-electron chi connectivity index (χ4n) is 2.06. The lowest BCUT2D eigenvalue weighted by atomic mass is 9.87. The van der Waals surface area contributed by atoms with E-state index in [1.54, 1.807) is 0 Å². The lowest BCUT2D eigenvalue weighted by Gasteiger charge is -2.24. The monoisotopic (exact) mass is 396 g/mol. The third-order valence-electron chi connectivity index (χ3n) is 3.68. The second kappa shape index (κ2) is 8.15. The van der Waals surface area contributed by atoms with Crippen molar-refractivity contribution in [2.75, 3.05) is 11.9 Å². The van der Waals surface area contributed by atoms with Crippen molar-refractivity contribution >= 4 is 33.4 Å². The van der Waals surface area contributed by atoms with Crippen molar-refractivity contribution in [2.45, 2.75) is 58.2 Å². The first kappa shape index (κ1) is 20.7. The molecule has 0 aromatic heterocycles. The minimum atomic E-state index is -0.280. The van der Waals surface area contributed by atoms with Crippen LogP contribution < -0.4 is 10.6 Å². The minimum Gasteiger partial charge on any atom is -0.355 e. The Morgan fingerprint density at radius 3 is 2.04 bits per heavy atom. The predicted octanol–water partition coefficient (Wildman–Crippen LogP) is 4.24. The van der Waals surface area contributed by atoms with Gasteiger partial charge in [-0.05, 0) is 28.5 Å². The Bertz CT molecular complexity index is 569. The number of nitrogens with one attached hydrogen (secondary N) is 2. The Kier molecular flexibility index (Phi) is 7.02. The second-order valence-electron chi connectivity index (χ2n) is 8.15. The largest absolute Gasteiger partial charge is 0.355 e. The molecule has 1 unspecified atom stereocenters. The molecule has 0 radical (unpaired) electrons. The molecule has 134 valence electrons. The van der Waals surface area contributed by atoms with Crippen LogP contribution in [-0.2, 0) is 15.0 Å². The first-order valence-corrected chi connectivity index (χ1v) is 9.15. The van der Waals surface area contributed by atoms with E-state index in [1.165, 1.54) is 5.56 Å². The van der Waals surface area contributed by atoms with Crippen molar-refractivity contribution in [3.05, 3.63) is 29.8 Å². The van der Waals surface area contributed by atoms with Gasteiger partial charge in [-0.1, -0.05) is 69.6 Å². The van der Waals surface area contributed by atoms with Crippen molar-refractivity contribution in [3.8, 4) is 0 Å². The normalized spacial score (nSPS) is 13.3. The van der Waals surface area contributed by atoms with Crippen LogP contribution >= 0.6 is 15.9 Å². The summed E-state index contributed by atoms with van der Waals surface area (Å²) >= 11 is 3.39. The highest BCUT2D eigenvalue weighted by Crippen LogP contribution is 2.26. The van der Waals surface area contributed by atoms with Gasteiger partial charge in [0.15, 0.2) is 0 Å². The lowest BCUT2D eigenvalue weighted by molar-refractivity contribution is -0.122. The summed E-state index contributed by atoms with van der Waals surface area (Å²) in [6, 6.07) is 7.86. The van der Waals surface area contributed by atoms with Crippen LogP contribution in [0.15, 0.2) is 24.3 Å². The van der Waals surface area contributed by atoms with E-state index in [9.17, 15) is 9.59 Å². The average Bonchev–Trinajstić information content (AvgIpc) is 2.44. The van der Waals surface area contributed by atoms with Gasteiger partial charge in [0.25, 0.3) is 0 Å². The maximum atomic E-state index is 12.0. The molecule has 0 aliphatic rings. The number of anilines is 1. The van der Waals surface area contributed by atoms with Crippen molar-refractivity contribution in [1.29, 1.82) is 0 Å². The van der Waals surface area contributed by atoms with Crippen molar-refractivity contribution in [2.24, 2.45) is 5.41 Å². The van der Waals surface area contributed by atoms with E-state index in [1.807, 2.05) is 45.0 Å². The summed E-state index contributed by atoms with van der Waals surface area (Å²) < 4.78 is 0. The van der Waals surface area contributed by atoms with Crippen LogP contribution in [0.1, 0.15) is 53.5 Å². The second-order valence-corrected chi connectivity index (χ2v) is 9.06. The Morgan fingerprint density at radius 1 is 1.04 bits per heavy atom. The Hall–Kier alpha value is -1.36. The van der Waals surface area contributed by atoms with Crippen LogP contribution in [0.25, 0.3) is 0 Å². The molecule has 1 aromatic rings. The summed E-state index contributed by atoms with van der Waals surface area (Å²) in [5.74, 6) is -0.203. The summed E-state index contributed by atoms with van der Waals surface area (Å²) in [6.45, 7) is 12.7. The number of amides is 2. The van der Waals surface area contributed by atoms with Gasteiger partial charge >= 0.3 is 0 Å². The van der Waals surface area contributed by atoms with Gasteiger partial charge in [-0.15, -0.1) is 0 Å². The zero-order valence-electron chi connectivity index (χ0n) is 15.5. The maximum Gasteiger partial charge on any atom is 0.234 e. The van der Waals surface area contributed by atoms with Gasteiger partial charge in [0.1, 0.15) is 0 Å². The molecule has 0 saturated heterocycles. The first-order chi connectivity index (χ1) is 10.9. The molecule has 1 rings (SSSR count). The fraction of sp³-hybridized carbons (Fsp3) is 0.579. The van der Waals surface area contributed by atoms with E-state index < -0.39 is 0 Å². The number of hydrogen-bond acceptors (Lipinski definition) is 2. The van der Waals surface area contributed by atoms with Gasteiger partial charge in [0.05, 0.1) is 4.83 Å². The molecule has 1 aromatic carbocycles. The summed E-state index contributed by atoms with van der Waals surface area (Å²) in [5, 5.41) is 5.64. The van der Waals surface area contributed by atoms with Crippen LogP contribution in [0.2, 0.25) is 0 Å². The number of benzene rings is 1. The Balaban J connectivity index is 2.43. The smallest absolute Gasteiger partial charge is 0.234 e. The maximum absolute atomic E-state index is 12.0. The summed E-state index contributed by atoms with van der Waals surface area (Å²) in [4.78, 5) is 23.7. The van der Waals surface area contributed by atoms with E-state index in [0.717, 1.165) is 5.69 Å². The van der Waals surface area contributed by atoms with Crippen LogP contribution in [0.3, 0.4) is 0 Å². The highest BCUT2D eigenvalue weighted by Gasteiger charge is 2.28. The molecule has 2 N–H and O–H groups in total. The molecular weight excluding hydrogens is 368 g/mol. The summed E-state index contributed by atoms with van der Waals surface area (Å²) in [6.07, 6.45) is 0.247. The topological polar surface area (TPSA) is 58.2 Å². The average molecular weight is 397 g/mol.